The number of carbonyl (C=O) groups is 2. The number of allylic oxidation sites excluding steroid dienone is 1. The van der Waals surface area contributed by atoms with Crippen molar-refractivity contribution in [1.82, 2.24) is 5.32 Å². The molecule has 1 heterocycles. The molecule has 2 aliphatic rings. The number of Topliss-reactive ketones (excluding diaryl/α,β-unsaturated/α-hetero) is 2. The van der Waals surface area contributed by atoms with E-state index in [-0.39, 0.29) is 11.6 Å². The molecule has 4 heteroatoms. The predicted octanol–water partition coefficient (Wildman–Crippen LogP) is 2.52. The Kier molecular flexibility index (Phi) is 4.89. The molecule has 0 bridgehead atoms. The number of rotatable bonds is 5. The fourth-order valence-corrected chi connectivity index (χ4v) is 2.59. The van der Waals surface area contributed by atoms with Crippen molar-refractivity contribution in [1.29, 1.82) is 0 Å². The molecule has 0 aromatic carbocycles. The summed E-state index contributed by atoms with van der Waals surface area (Å²) < 4.78 is 0. The van der Waals surface area contributed by atoms with Crippen LogP contribution in [0.5, 0.6) is 0 Å². The molecule has 0 amide bonds. The minimum Gasteiger partial charge on any atom is -0.354 e. The number of nitrogens with zero attached hydrogens (tertiary/aromatic N) is 1. The number of aliphatic imine (C=N–C) groups is 1. The lowest BCUT2D eigenvalue weighted by molar-refractivity contribution is -0.123. The van der Waals surface area contributed by atoms with E-state index in [2.05, 4.69) is 16.9 Å². The number of ketones is 2. The summed E-state index contributed by atoms with van der Waals surface area (Å²) in [4.78, 5) is 28.5. The van der Waals surface area contributed by atoms with Gasteiger partial charge in [-0.2, -0.15) is 0 Å². The van der Waals surface area contributed by atoms with Crippen LogP contribution in [0.2, 0.25) is 0 Å². The van der Waals surface area contributed by atoms with Gasteiger partial charge in [-0.1, -0.05) is 11.6 Å². The van der Waals surface area contributed by atoms with Crippen LogP contribution in [0.15, 0.2) is 40.4 Å². The highest BCUT2D eigenvalue weighted by atomic mass is 16.2. The van der Waals surface area contributed by atoms with Crippen molar-refractivity contribution in [3.8, 4) is 0 Å². The van der Waals surface area contributed by atoms with Gasteiger partial charge in [-0.15, -0.1) is 6.58 Å². The quantitative estimate of drug-likeness (QED) is 0.480. The average molecular weight is 286 g/mol. The van der Waals surface area contributed by atoms with Crippen LogP contribution in [-0.2, 0) is 9.59 Å². The van der Waals surface area contributed by atoms with Gasteiger partial charge >= 0.3 is 0 Å². The van der Waals surface area contributed by atoms with Gasteiger partial charge in [0.05, 0.1) is 0 Å². The molecule has 0 aromatic rings. The SMILES string of the molecule is C=CCCCC1=CC(NC2C(=O)C(C)=C(C)C2=O)=NCC1. The number of amidine groups is 1. The maximum atomic E-state index is 12.1. The third-order valence-corrected chi connectivity index (χ3v) is 4.08. The topological polar surface area (TPSA) is 58.5 Å². The molecule has 0 radical (unpaired) electrons. The van der Waals surface area contributed by atoms with E-state index in [1.807, 2.05) is 12.2 Å². The summed E-state index contributed by atoms with van der Waals surface area (Å²) in [6.45, 7) is 7.84. The van der Waals surface area contributed by atoms with Crippen molar-refractivity contribution in [2.75, 3.05) is 6.54 Å². The molecule has 0 fully saturated rings. The largest absolute Gasteiger partial charge is 0.354 e. The van der Waals surface area contributed by atoms with Crippen LogP contribution in [-0.4, -0.2) is 30.0 Å². The van der Waals surface area contributed by atoms with E-state index in [0.29, 0.717) is 23.5 Å². The maximum Gasteiger partial charge on any atom is 0.189 e. The zero-order chi connectivity index (χ0) is 15.4. The van der Waals surface area contributed by atoms with Gasteiger partial charge in [0, 0.05) is 17.7 Å². The van der Waals surface area contributed by atoms with Gasteiger partial charge in [0.1, 0.15) is 5.84 Å². The summed E-state index contributed by atoms with van der Waals surface area (Å²) in [6, 6.07) is -0.785. The van der Waals surface area contributed by atoms with Crippen LogP contribution >= 0.6 is 0 Å². The van der Waals surface area contributed by atoms with Gasteiger partial charge in [0.15, 0.2) is 17.6 Å². The Bertz CT molecular complexity index is 543. The molecule has 0 saturated carbocycles. The predicted molar refractivity (Wildman–Crippen MR) is 84.4 cm³/mol. The molecule has 1 N–H and O–H groups in total. The highest BCUT2D eigenvalue weighted by Crippen LogP contribution is 2.20. The smallest absolute Gasteiger partial charge is 0.189 e. The first-order valence-electron chi connectivity index (χ1n) is 7.42. The lowest BCUT2D eigenvalue weighted by Gasteiger charge is -2.17. The molecule has 0 unspecified atom stereocenters. The molecule has 4 nitrogen and oxygen atoms in total. The normalized spacial score (nSPS) is 19.7. The Labute approximate surface area is 125 Å². The van der Waals surface area contributed by atoms with Gasteiger partial charge in [0.2, 0.25) is 0 Å². The first kappa shape index (κ1) is 15.4. The zero-order valence-corrected chi connectivity index (χ0v) is 12.7. The molecule has 1 aliphatic heterocycles. The third-order valence-electron chi connectivity index (χ3n) is 4.08. The molecule has 2 rings (SSSR count). The van der Waals surface area contributed by atoms with Gasteiger partial charge in [-0.3, -0.25) is 14.6 Å². The van der Waals surface area contributed by atoms with Crippen LogP contribution in [0.25, 0.3) is 0 Å². The summed E-state index contributed by atoms with van der Waals surface area (Å²) >= 11 is 0. The first-order chi connectivity index (χ1) is 10.0. The van der Waals surface area contributed by atoms with Crippen molar-refractivity contribution in [3.63, 3.8) is 0 Å². The molecule has 0 atom stereocenters. The Hall–Kier alpha value is -1.97. The molecule has 0 saturated heterocycles. The van der Waals surface area contributed by atoms with Crippen molar-refractivity contribution in [2.45, 2.75) is 45.6 Å². The van der Waals surface area contributed by atoms with Crippen molar-refractivity contribution in [3.05, 3.63) is 35.5 Å². The number of unbranched alkanes of at least 4 members (excludes halogenated alkanes) is 1. The van der Waals surface area contributed by atoms with Crippen LogP contribution < -0.4 is 5.32 Å². The second kappa shape index (κ2) is 6.66. The number of hydrogen-bond donors (Lipinski definition) is 1. The van der Waals surface area contributed by atoms with Gasteiger partial charge < -0.3 is 5.32 Å². The average Bonchev–Trinajstić information content (AvgIpc) is 2.66. The standard InChI is InChI=1S/C17H22N2O2/c1-4-5-6-7-13-8-9-18-14(10-13)19-15-16(20)11(2)12(3)17(15)21/h4,10,15H,1,5-9H2,2-3H3,(H,18,19). The van der Waals surface area contributed by atoms with Crippen molar-refractivity contribution >= 4 is 17.4 Å². The van der Waals surface area contributed by atoms with E-state index in [0.717, 1.165) is 25.7 Å². The highest BCUT2D eigenvalue weighted by molar-refractivity contribution is 6.28. The summed E-state index contributed by atoms with van der Waals surface area (Å²) in [7, 11) is 0. The summed E-state index contributed by atoms with van der Waals surface area (Å²) in [6.07, 6.45) is 7.93. The summed E-state index contributed by atoms with van der Waals surface area (Å²) in [5.74, 6) is 0.392. The van der Waals surface area contributed by atoms with E-state index < -0.39 is 6.04 Å². The molecule has 1 aliphatic carbocycles. The van der Waals surface area contributed by atoms with Gasteiger partial charge in [-0.05, 0) is 45.6 Å². The van der Waals surface area contributed by atoms with Crippen molar-refractivity contribution in [2.24, 2.45) is 4.99 Å². The van der Waals surface area contributed by atoms with Crippen LogP contribution in [0.4, 0.5) is 0 Å². The number of dihydropyridines is 1. The minimum absolute atomic E-state index is 0.132. The first-order valence-corrected chi connectivity index (χ1v) is 7.42. The molecular formula is C17H22N2O2. The maximum absolute atomic E-state index is 12.1. The molecular weight excluding hydrogens is 264 g/mol. The van der Waals surface area contributed by atoms with Gasteiger partial charge in [-0.25, -0.2) is 0 Å². The van der Waals surface area contributed by atoms with Crippen LogP contribution in [0.1, 0.15) is 39.5 Å². The van der Waals surface area contributed by atoms with Crippen LogP contribution in [0.3, 0.4) is 0 Å². The summed E-state index contributed by atoms with van der Waals surface area (Å²) in [5.41, 5.74) is 2.43. The number of carbonyl (C=O) groups excluding carboxylic acids is 2. The van der Waals surface area contributed by atoms with E-state index in [4.69, 9.17) is 0 Å². The summed E-state index contributed by atoms with van der Waals surface area (Å²) in [5, 5.41) is 3.01. The fourth-order valence-electron chi connectivity index (χ4n) is 2.59. The fraction of sp³-hybridized carbons (Fsp3) is 0.471. The lowest BCUT2D eigenvalue weighted by Crippen LogP contribution is -2.43. The number of hydrogen-bond acceptors (Lipinski definition) is 4. The third kappa shape index (κ3) is 3.38. The molecule has 21 heavy (non-hydrogen) atoms. The van der Waals surface area contributed by atoms with Crippen LogP contribution in [0, 0.1) is 0 Å². The van der Waals surface area contributed by atoms with Gasteiger partial charge in [0.25, 0.3) is 0 Å². The number of nitrogens with one attached hydrogen (secondary N) is 1. The zero-order valence-electron chi connectivity index (χ0n) is 12.7. The monoisotopic (exact) mass is 286 g/mol. The second-order valence-electron chi connectivity index (χ2n) is 5.56. The Balaban J connectivity index is 2.00. The Morgan fingerprint density at radius 3 is 2.62 bits per heavy atom. The molecule has 0 aromatic heterocycles. The lowest BCUT2D eigenvalue weighted by atomic mass is 10.0. The highest BCUT2D eigenvalue weighted by Gasteiger charge is 2.37. The minimum atomic E-state index is -0.785. The van der Waals surface area contributed by atoms with Crippen molar-refractivity contribution < 1.29 is 9.59 Å². The van der Waals surface area contributed by atoms with E-state index in [1.54, 1.807) is 13.8 Å². The Morgan fingerprint density at radius 1 is 1.33 bits per heavy atom. The molecule has 0 spiro atoms. The van der Waals surface area contributed by atoms with E-state index in [1.165, 1.54) is 5.57 Å². The molecule has 112 valence electrons. The Morgan fingerprint density at radius 2 is 2.00 bits per heavy atom. The van der Waals surface area contributed by atoms with E-state index >= 15 is 0 Å². The second-order valence-corrected chi connectivity index (χ2v) is 5.56. The van der Waals surface area contributed by atoms with E-state index in [9.17, 15) is 9.59 Å².